The van der Waals surface area contributed by atoms with Crippen molar-refractivity contribution in [3.8, 4) is 0 Å². The van der Waals surface area contributed by atoms with Gasteiger partial charge >= 0.3 is 0 Å². The van der Waals surface area contributed by atoms with Gasteiger partial charge in [-0.2, -0.15) is 0 Å². The molecule has 0 N–H and O–H groups in total. The molecule has 1 unspecified atom stereocenters. The van der Waals surface area contributed by atoms with Gasteiger partial charge in [-0.05, 0) is 19.4 Å². The molecule has 1 atom stereocenters. The lowest BCUT2D eigenvalue weighted by Crippen LogP contribution is -2.01. The van der Waals surface area contributed by atoms with Gasteiger partial charge < -0.3 is 0 Å². The first-order chi connectivity index (χ1) is 5.22. The number of allylic oxidation sites excluding steroid dienone is 5. The number of hydrogen-bond acceptors (Lipinski definition) is 0. The van der Waals surface area contributed by atoms with Crippen LogP contribution in [0.5, 0.6) is 0 Å². The Hall–Kier alpha value is -0.850. The third-order valence-corrected chi connectivity index (χ3v) is 1.33. The predicted molar refractivity (Wildman–Crippen MR) is 48.3 cm³/mol. The van der Waals surface area contributed by atoms with E-state index in [1.165, 1.54) is 0 Å². The van der Waals surface area contributed by atoms with Crippen LogP contribution < -0.4 is 0 Å². The predicted octanol–water partition coefficient (Wildman–Crippen LogP) is 3.42. The molecule has 0 fully saturated rings. The Kier molecular flexibility index (Phi) is 5.44. The molecule has 1 aliphatic rings. The van der Waals surface area contributed by atoms with Crippen molar-refractivity contribution in [2.45, 2.75) is 26.4 Å². The van der Waals surface area contributed by atoms with Crippen LogP contribution in [-0.2, 0) is 0 Å². The second kappa shape index (κ2) is 5.90. The fourth-order valence-electron chi connectivity index (χ4n) is 0.708. The van der Waals surface area contributed by atoms with Crippen LogP contribution in [0.4, 0.5) is 4.39 Å². The van der Waals surface area contributed by atoms with Crippen LogP contribution in [0.25, 0.3) is 0 Å². The van der Waals surface area contributed by atoms with Gasteiger partial charge in [0.2, 0.25) is 0 Å². The van der Waals surface area contributed by atoms with Gasteiger partial charge in [0, 0.05) is 6.42 Å². The molecule has 11 heavy (non-hydrogen) atoms. The van der Waals surface area contributed by atoms with Crippen molar-refractivity contribution in [1.29, 1.82) is 0 Å². The molecule has 0 saturated heterocycles. The average Bonchev–Trinajstić information content (AvgIpc) is 1.97. The number of rotatable bonds is 0. The molecule has 0 aromatic rings. The Balaban J connectivity index is 0.000000292. The van der Waals surface area contributed by atoms with Crippen molar-refractivity contribution in [2.24, 2.45) is 0 Å². The van der Waals surface area contributed by atoms with Crippen molar-refractivity contribution in [3.63, 3.8) is 0 Å². The van der Waals surface area contributed by atoms with Gasteiger partial charge in [0.25, 0.3) is 0 Å². The average molecular weight is 154 g/mol. The minimum Gasteiger partial charge on any atom is -0.242 e. The first-order valence-electron chi connectivity index (χ1n) is 3.76. The van der Waals surface area contributed by atoms with E-state index in [9.17, 15) is 4.39 Å². The Morgan fingerprint density at radius 1 is 1.73 bits per heavy atom. The molecular weight excluding hydrogens is 139 g/mol. The zero-order valence-corrected chi connectivity index (χ0v) is 7.18. The van der Waals surface area contributed by atoms with E-state index in [1.807, 2.05) is 32.1 Å². The van der Waals surface area contributed by atoms with Crippen LogP contribution in [0.1, 0.15) is 20.3 Å². The highest BCUT2D eigenvalue weighted by atomic mass is 19.1. The van der Waals surface area contributed by atoms with Crippen LogP contribution in [0.3, 0.4) is 0 Å². The summed E-state index contributed by atoms with van der Waals surface area (Å²) in [7, 11) is 0. The van der Waals surface area contributed by atoms with Crippen LogP contribution in [0.15, 0.2) is 36.5 Å². The molecule has 0 aromatic heterocycles. The summed E-state index contributed by atoms with van der Waals surface area (Å²) in [5, 5.41) is 0. The first kappa shape index (κ1) is 10.2. The molecular formula is C10H15F. The number of halogens is 1. The number of hydrogen-bond donors (Lipinski definition) is 0. The summed E-state index contributed by atoms with van der Waals surface area (Å²) in [6.45, 7) is 7.06. The second-order valence-corrected chi connectivity index (χ2v) is 2.45. The van der Waals surface area contributed by atoms with Crippen molar-refractivity contribution in [3.05, 3.63) is 36.5 Å². The minimum absolute atomic E-state index is 0.558. The van der Waals surface area contributed by atoms with E-state index >= 15 is 0 Å². The smallest absolute Gasteiger partial charge is 0.125 e. The Labute approximate surface area is 68.1 Å². The summed E-state index contributed by atoms with van der Waals surface area (Å²) in [5.74, 6) is 0. The van der Waals surface area contributed by atoms with E-state index in [2.05, 4.69) is 6.58 Å². The first-order valence-corrected chi connectivity index (χ1v) is 3.76. The summed E-state index contributed by atoms with van der Waals surface area (Å²) in [4.78, 5) is 0. The largest absolute Gasteiger partial charge is 0.242 e. The van der Waals surface area contributed by atoms with E-state index in [-0.39, 0.29) is 0 Å². The molecule has 0 nitrogen and oxygen atoms in total. The van der Waals surface area contributed by atoms with Gasteiger partial charge in [0.15, 0.2) is 0 Å². The topological polar surface area (TPSA) is 0 Å². The molecule has 0 amide bonds. The second-order valence-electron chi connectivity index (χ2n) is 2.45. The monoisotopic (exact) mass is 154 g/mol. The molecule has 0 saturated carbocycles. The molecule has 0 aromatic carbocycles. The third kappa shape index (κ3) is 4.54. The third-order valence-electron chi connectivity index (χ3n) is 1.33. The quantitative estimate of drug-likeness (QED) is 0.469. The Morgan fingerprint density at radius 3 is 2.55 bits per heavy atom. The Morgan fingerprint density at radius 2 is 2.27 bits per heavy atom. The molecule has 1 aliphatic carbocycles. The summed E-state index contributed by atoms with van der Waals surface area (Å²) in [6, 6.07) is 0. The van der Waals surface area contributed by atoms with Crippen molar-refractivity contribution < 1.29 is 4.39 Å². The van der Waals surface area contributed by atoms with E-state index in [1.54, 1.807) is 6.08 Å². The van der Waals surface area contributed by atoms with Gasteiger partial charge in [0.05, 0.1) is 0 Å². The standard InChI is InChI=1S/C7H9F.C3H6/c1-6-4-2-3-5-7(6)8;1-3-2/h2-4,7H,5H2,1H3;3H,1H2,2H3. The molecule has 62 valence electrons. The van der Waals surface area contributed by atoms with Gasteiger partial charge in [-0.3, -0.25) is 0 Å². The molecule has 0 bridgehead atoms. The fraction of sp³-hybridized carbons (Fsp3) is 0.400. The van der Waals surface area contributed by atoms with Crippen molar-refractivity contribution in [1.82, 2.24) is 0 Å². The summed E-state index contributed by atoms with van der Waals surface area (Å²) >= 11 is 0. The highest BCUT2D eigenvalue weighted by molar-refractivity contribution is 5.19. The molecule has 1 heteroatoms. The minimum atomic E-state index is -0.722. The van der Waals surface area contributed by atoms with Crippen LogP contribution in [0.2, 0.25) is 0 Å². The molecule has 0 aliphatic heterocycles. The highest BCUT2D eigenvalue weighted by Crippen LogP contribution is 2.14. The van der Waals surface area contributed by atoms with Crippen LogP contribution in [-0.4, -0.2) is 6.17 Å². The summed E-state index contributed by atoms with van der Waals surface area (Å²) < 4.78 is 12.5. The highest BCUT2D eigenvalue weighted by Gasteiger charge is 2.07. The normalized spacial score (nSPS) is 21.4. The fourth-order valence-corrected chi connectivity index (χ4v) is 0.708. The van der Waals surface area contributed by atoms with Gasteiger partial charge in [-0.15, -0.1) is 6.58 Å². The molecule has 0 heterocycles. The zero-order chi connectivity index (χ0) is 8.69. The SMILES string of the molecule is C=CC.CC1=CC=CCC1F. The zero-order valence-electron chi connectivity index (χ0n) is 7.18. The number of alkyl halides is 1. The van der Waals surface area contributed by atoms with Crippen LogP contribution in [0, 0.1) is 0 Å². The summed E-state index contributed by atoms with van der Waals surface area (Å²) in [6.07, 6.45) is 7.14. The van der Waals surface area contributed by atoms with Gasteiger partial charge in [-0.1, -0.05) is 24.3 Å². The van der Waals surface area contributed by atoms with E-state index in [0.717, 1.165) is 5.57 Å². The molecule has 0 spiro atoms. The lowest BCUT2D eigenvalue weighted by atomic mass is 10.1. The maximum absolute atomic E-state index is 12.5. The maximum Gasteiger partial charge on any atom is 0.125 e. The molecule has 0 radical (unpaired) electrons. The summed E-state index contributed by atoms with van der Waals surface area (Å²) in [5.41, 5.74) is 0.840. The van der Waals surface area contributed by atoms with Crippen molar-refractivity contribution in [2.75, 3.05) is 0 Å². The van der Waals surface area contributed by atoms with Crippen molar-refractivity contribution >= 4 is 0 Å². The Bertz CT molecular complexity index is 166. The molecule has 1 rings (SSSR count). The lowest BCUT2D eigenvalue weighted by molar-refractivity contribution is 0.382. The lowest BCUT2D eigenvalue weighted by Gasteiger charge is -2.07. The van der Waals surface area contributed by atoms with Crippen LogP contribution >= 0.6 is 0 Å². The van der Waals surface area contributed by atoms with E-state index < -0.39 is 6.17 Å². The van der Waals surface area contributed by atoms with Gasteiger partial charge in [0.1, 0.15) is 6.17 Å². The van der Waals surface area contributed by atoms with E-state index in [0.29, 0.717) is 6.42 Å². The van der Waals surface area contributed by atoms with Gasteiger partial charge in [-0.25, -0.2) is 4.39 Å². The maximum atomic E-state index is 12.5. The van der Waals surface area contributed by atoms with E-state index in [4.69, 9.17) is 0 Å².